The van der Waals surface area contributed by atoms with Crippen LogP contribution in [-0.4, -0.2) is 18.1 Å². The number of fused-ring (bicyclic) bond motifs is 1. The van der Waals surface area contributed by atoms with E-state index in [4.69, 9.17) is 20.8 Å². The number of nitrogens with zero attached hydrogens (tertiary/aromatic N) is 1. The van der Waals surface area contributed by atoms with Gasteiger partial charge in [0.05, 0.1) is 17.5 Å². The minimum atomic E-state index is -0.580. The summed E-state index contributed by atoms with van der Waals surface area (Å²) in [4.78, 5) is 24.6. The monoisotopic (exact) mass is 424 g/mol. The van der Waals surface area contributed by atoms with Crippen molar-refractivity contribution < 1.29 is 18.7 Å². The first-order valence-electron chi connectivity index (χ1n) is 8.48. The quantitative estimate of drug-likeness (QED) is 0.208. The van der Waals surface area contributed by atoms with Gasteiger partial charge in [0, 0.05) is 10.1 Å². The van der Waals surface area contributed by atoms with Crippen molar-refractivity contribution in [3.63, 3.8) is 0 Å². The molecule has 0 aliphatic heterocycles. The summed E-state index contributed by atoms with van der Waals surface area (Å²) in [5.74, 6) is -0.469. The van der Waals surface area contributed by atoms with Gasteiger partial charge in [0.1, 0.15) is 10.6 Å². The Hall–Kier alpha value is -3.42. The third-order valence-corrected chi connectivity index (χ3v) is 5.61. The number of carbonyl (C=O) groups excluding carboxylic acids is 2. The number of amides is 1. The SMILES string of the molecule is O=C(Oc1ccc(/C=N/NC(=O)c2sc3ccccc3c2Cl)cc1)c1ccco1. The predicted octanol–water partition coefficient (Wildman–Crippen LogP) is 5.13. The van der Waals surface area contributed by atoms with Gasteiger partial charge in [-0.15, -0.1) is 11.3 Å². The lowest BCUT2D eigenvalue weighted by Gasteiger charge is -2.02. The molecule has 2 heterocycles. The van der Waals surface area contributed by atoms with Gasteiger partial charge in [-0.2, -0.15) is 5.10 Å². The van der Waals surface area contributed by atoms with Crippen LogP contribution in [0.5, 0.6) is 5.75 Å². The lowest BCUT2D eigenvalue weighted by atomic mass is 10.2. The minimum Gasteiger partial charge on any atom is -0.457 e. The highest BCUT2D eigenvalue weighted by atomic mass is 35.5. The first kappa shape index (κ1) is 18.9. The van der Waals surface area contributed by atoms with Gasteiger partial charge in [-0.3, -0.25) is 4.79 Å². The number of esters is 1. The van der Waals surface area contributed by atoms with Gasteiger partial charge >= 0.3 is 5.97 Å². The van der Waals surface area contributed by atoms with Crippen molar-refractivity contribution in [2.24, 2.45) is 5.10 Å². The van der Waals surface area contributed by atoms with Crippen molar-refractivity contribution in [1.82, 2.24) is 5.43 Å². The molecule has 4 aromatic rings. The first-order chi connectivity index (χ1) is 14.1. The molecular formula is C21H13ClN2O4S. The van der Waals surface area contributed by atoms with Crippen LogP contribution in [0.2, 0.25) is 5.02 Å². The van der Waals surface area contributed by atoms with Crippen LogP contribution in [0.1, 0.15) is 25.8 Å². The van der Waals surface area contributed by atoms with E-state index in [1.165, 1.54) is 29.9 Å². The Morgan fingerprint density at radius 2 is 1.86 bits per heavy atom. The second kappa shape index (κ2) is 8.30. The van der Waals surface area contributed by atoms with Gasteiger partial charge in [-0.1, -0.05) is 29.8 Å². The van der Waals surface area contributed by atoms with Crippen LogP contribution in [0.3, 0.4) is 0 Å². The van der Waals surface area contributed by atoms with E-state index < -0.39 is 5.97 Å². The molecule has 4 rings (SSSR count). The zero-order valence-electron chi connectivity index (χ0n) is 14.8. The maximum Gasteiger partial charge on any atom is 0.379 e. The molecule has 0 spiro atoms. The highest BCUT2D eigenvalue weighted by molar-refractivity contribution is 7.21. The zero-order chi connectivity index (χ0) is 20.2. The minimum absolute atomic E-state index is 0.123. The Morgan fingerprint density at radius 1 is 1.07 bits per heavy atom. The Balaban J connectivity index is 1.38. The summed E-state index contributed by atoms with van der Waals surface area (Å²) in [5, 5.41) is 5.22. The number of carbonyl (C=O) groups is 2. The smallest absolute Gasteiger partial charge is 0.379 e. The Morgan fingerprint density at radius 3 is 2.59 bits per heavy atom. The highest BCUT2D eigenvalue weighted by Gasteiger charge is 2.16. The molecule has 1 amide bonds. The standard InChI is InChI=1S/C21H13ClN2O4S/c22-18-15-4-1-2-6-17(15)29-19(18)20(25)24-23-12-13-7-9-14(10-8-13)28-21(26)16-5-3-11-27-16/h1-12H,(H,24,25)/b23-12+. The molecule has 0 bridgehead atoms. The van der Waals surface area contributed by atoms with E-state index in [2.05, 4.69) is 10.5 Å². The van der Waals surface area contributed by atoms with Gasteiger partial charge < -0.3 is 9.15 Å². The molecule has 1 N–H and O–H groups in total. The number of halogens is 1. The molecule has 0 fully saturated rings. The Kier molecular flexibility index (Phi) is 5.41. The van der Waals surface area contributed by atoms with Crippen LogP contribution >= 0.6 is 22.9 Å². The number of benzene rings is 2. The molecule has 0 atom stereocenters. The Labute approximate surface area is 174 Å². The predicted molar refractivity (Wildman–Crippen MR) is 112 cm³/mol. The largest absolute Gasteiger partial charge is 0.457 e. The molecule has 6 nitrogen and oxygen atoms in total. The van der Waals surface area contributed by atoms with E-state index >= 15 is 0 Å². The maximum atomic E-state index is 12.3. The van der Waals surface area contributed by atoms with Gasteiger partial charge in [0.25, 0.3) is 5.91 Å². The second-order valence-electron chi connectivity index (χ2n) is 5.88. The van der Waals surface area contributed by atoms with Gasteiger partial charge in [0.2, 0.25) is 5.76 Å². The lowest BCUT2D eigenvalue weighted by molar-refractivity contribution is 0.0701. The molecule has 0 radical (unpaired) electrons. The molecular weight excluding hydrogens is 412 g/mol. The Bertz CT molecular complexity index is 1200. The molecule has 144 valence electrons. The molecule has 2 aromatic carbocycles. The second-order valence-corrected chi connectivity index (χ2v) is 7.31. The topological polar surface area (TPSA) is 80.9 Å². The third-order valence-electron chi connectivity index (χ3n) is 3.93. The van der Waals surface area contributed by atoms with Crippen molar-refractivity contribution >= 4 is 51.1 Å². The summed E-state index contributed by atoms with van der Waals surface area (Å²) in [6, 6.07) is 17.3. The number of hydrogen-bond acceptors (Lipinski definition) is 6. The average Bonchev–Trinajstić information content (AvgIpc) is 3.38. The molecule has 29 heavy (non-hydrogen) atoms. The fraction of sp³-hybridized carbons (Fsp3) is 0. The average molecular weight is 425 g/mol. The fourth-order valence-electron chi connectivity index (χ4n) is 2.55. The number of ether oxygens (including phenoxy) is 1. The van der Waals surface area contributed by atoms with Crippen molar-refractivity contribution in [2.75, 3.05) is 0 Å². The summed E-state index contributed by atoms with van der Waals surface area (Å²) in [6.07, 6.45) is 2.88. The molecule has 2 aromatic heterocycles. The molecule has 8 heteroatoms. The number of thiophene rings is 1. The van der Waals surface area contributed by atoms with Crippen molar-refractivity contribution in [1.29, 1.82) is 0 Å². The first-order valence-corrected chi connectivity index (χ1v) is 9.67. The fourth-order valence-corrected chi connectivity index (χ4v) is 3.96. The summed E-state index contributed by atoms with van der Waals surface area (Å²) in [6.45, 7) is 0. The summed E-state index contributed by atoms with van der Waals surface area (Å²) >= 11 is 7.60. The number of furan rings is 1. The van der Waals surface area contributed by atoms with E-state index in [9.17, 15) is 9.59 Å². The van der Waals surface area contributed by atoms with Gasteiger partial charge in [0.15, 0.2) is 0 Å². The molecule has 0 aliphatic carbocycles. The number of nitrogens with one attached hydrogen (secondary N) is 1. The highest BCUT2D eigenvalue weighted by Crippen LogP contribution is 2.34. The molecule has 0 saturated heterocycles. The van der Waals surface area contributed by atoms with Crippen molar-refractivity contribution in [2.45, 2.75) is 0 Å². The maximum absolute atomic E-state index is 12.3. The van der Waals surface area contributed by atoms with E-state index in [1.54, 1.807) is 30.3 Å². The summed E-state index contributed by atoms with van der Waals surface area (Å²) < 4.78 is 11.1. The number of hydrazone groups is 1. The van der Waals surface area contributed by atoms with Gasteiger partial charge in [-0.05, 0) is 48.0 Å². The van der Waals surface area contributed by atoms with E-state index in [-0.39, 0.29) is 11.7 Å². The molecule has 0 aliphatic rings. The summed E-state index contributed by atoms with van der Waals surface area (Å²) in [7, 11) is 0. The van der Waals surface area contributed by atoms with E-state index in [0.29, 0.717) is 21.2 Å². The number of hydrogen-bond donors (Lipinski definition) is 1. The van der Waals surface area contributed by atoms with Crippen LogP contribution in [0.15, 0.2) is 76.4 Å². The molecule has 0 unspecified atom stereocenters. The van der Waals surface area contributed by atoms with Crippen LogP contribution in [-0.2, 0) is 0 Å². The zero-order valence-corrected chi connectivity index (χ0v) is 16.4. The summed E-state index contributed by atoms with van der Waals surface area (Å²) in [5.41, 5.74) is 3.19. The van der Waals surface area contributed by atoms with E-state index in [0.717, 1.165) is 10.1 Å². The van der Waals surface area contributed by atoms with Crippen LogP contribution in [0.25, 0.3) is 10.1 Å². The molecule has 0 saturated carbocycles. The van der Waals surface area contributed by atoms with E-state index in [1.807, 2.05) is 24.3 Å². The van der Waals surface area contributed by atoms with Crippen LogP contribution in [0.4, 0.5) is 0 Å². The normalized spacial score (nSPS) is 11.1. The van der Waals surface area contributed by atoms with Gasteiger partial charge in [-0.25, -0.2) is 10.2 Å². The number of rotatable bonds is 5. The van der Waals surface area contributed by atoms with Crippen LogP contribution in [0, 0.1) is 0 Å². The van der Waals surface area contributed by atoms with Crippen LogP contribution < -0.4 is 10.2 Å². The van der Waals surface area contributed by atoms with Crippen molar-refractivity contribution in [3.05, 3.63) is 88.2 Å². The lowest BCUT2D eigenvalue weighted by Crippen LogP contribution is -2.16. The third kappa shape index (κ3) is 4.21. The van der Waals surface area contributed by atoms with Crippen molar-refractivity contribution in [3.8, 4) is 5.75 Å².